The van der Waals surface area contributed by atoms with Crippen molar-refractivity contribution in [3.8, 4) is 0 Å². The van der Waals surface area contributed by atoms with E-state index in [1.807, 2.05) is 5.32 Å². The molecule has 0 saturated heterocycles. The molecule has 0 heterocycles. The fraction of sp³-hybridized carbons (Fsp3) is 0.600. The van der Waals surface area contributed by atoms with Gasteiger partial charge in [-0.1, -0.05) is 0 Å². The largest absolute Gasteiger partial charge is 0.481 e. The maximum absolute atomic E-state index is 11.2. The first-order valence-electron chi connectivity index (χ1n) is 5.51. The Hall–Kier alpha value is -2.32. The Morgan fingerprint density at radius 2 is 1.84 bits per heavy atom. The highest BCUT2D eigenvalue weighted by atomic mass is 16.5. The van der Waals surface area contributed by atoms with Crippen LogP contribution in [0.5, 0.6) is 0 Å². The smallest absolute Gasteiger partial charge is 0.326 e. The molecule has 0 aliphatic rings. The zero-order chi connectivity index (χ0) is 14.8. The van der Waals surface area contributed by atoms with Gasteiger partial charge >= 0.3 is 23.9 Å². The Morgan fingerprint density at radius 1 is 1.21 bits per heavy atom. The summed E-state index contributed by atoms with van der Waals surface area (Å²) in [6, 6.07) is -2.39. The van der Waals surface area contributed by atoms with Crippen LogP contribution in [-0.4, -0.2) is 53.3 Å². The summed E-state index contributed by atoms with van der Waals surface area (Å²) in [7, 11) is 0. The Bertz CT molecular complexity index is 356. The molecule has 0 saturated carbocycles. The summed E-state index contributed by atoms with van der Waals surface area (Å²) in [5.74, 6) is -3.30. The Morgan fingerprint density at radius 3 is 2.32 bits per heavy atom. The number of urea groups is 1. The fourth-order valence-electron chi connectivity index (χ4n) is 1.10. The lowest BCUT2D eigenvalue weighted by Crippen LogP contribution is -2.47. The van der Waals surface area contributed by atoms with E-state index in [1.54, 1.807) is 6.92 Å². The van der Waals surface area contributed by atoms with Crippen molar-refractivity contribution in [1.29, 1.82) is 0 Å². The van der Waals surface area contributed by atoms with Gasteiger partial charge in [0.05, 0.1) is 19.4 Å². The van der Waals surface area contributed by atoms with Crippen molar-refractivity contribution in [2.75, 3.05) is 13.2 Å². The van der Waals surface area contributed by atoms with Crippen LogP contribution in [0.4, 0.5) is 4.79 Å². The second kappa shape index (κ2) is 8.72. The van der Waals surface area contributed by atoms with Crippen LogP contribution in [0.15, 0.2) is 0 Å². The van der Waals surface area contributed by atoms with Crippen LogP contribution in [0.1, 0.15) is 19.8 Å². The molecular weight excluding hydrogens is 260 g/mol. The molecular formula is C10H16N2O7. The first-order chi connectivity index (χ1) is 8.86. The summed E-state index contributed by atoms with van der Waals surface area (Å²) < 4.78 is 4.61. The van der Waals surface area contributed by atoms with Crippen LogP contribution in [0.3, 0.4) is 0 Å². The number of amides is 2. The summed E-state index contributed by atoms with van der Waals surface area (Å²) in [4.78, 5) is 43.2. The number of rotatable bonds is 8. The molecule has 19 heavy (non-hydrogen) atoms. The van der Waals surface area contributed by atoms with Gasteiger partial charge in [0.1, 0.15) is 6.04 Å². The predicted octanol–water partition coefficient (Wildman–Crippen LogP) is -0.833. The van der Waals surface area contributed by atoms with Gasteiger partial charge in [-0.2, -0.15) is 0 Å². The Balaban J connectivity index is 4.03. The second-order valence-electron chi connectivity index (χ2n) is 3.44. The van der Waals surface area contributed by atoms with E-state index in [4.69, 9.17) is 10.2 Å². The molecule has 0 rings (SSSR count). The molecule has 4 N–H and O–H groups in total. The highest BCUT2D eigenvalue weighted by Crippen LogP contribution is 1.93. The molecule has 0 aromatic heterocycles. The van der Waals surface area contributed by atoms with E-state index in [-0.39, 0.29) is 19.6 Å². The maximum atomic E-state index is 11.2. The SMILES string of the molecule is CCOC(=O)CCNC(=O)N[C@@H](CC(=O)O)C(=O)O. The topological polar surface area (TPSA) is 142 Å². The number of carboxylic acids is 2. The molecule has 0 aromatic rings. The lowest BCUT2D eigenvalue weighted by atomic mass is 10.2. The predicted molar refractivity (Wildman–Crippen MR) is 61.5 cm³/mol. The van der Waals surface area contributed by atoms with Crippen molar-refractivity contribution in [2.45, 2.75) is 25.8 Å². The number of esters is 1. The van der Waals surface area contributed by atoms with Crippen molar-refractivity contribution >= 4 is 23.9 Å². The van der Waals surface area contributed by atoms with E-state index in [0.717, 1.165) is 0 Å². The molecule has 1 atom stereocenters. The van der Waals surface area contributed by atoms with Crippen LogP contribution in [-0.2, 0) is 19.1 Å². The first-order valence-corrected chi connectivity index (χ1v) is 5.51. The molecule has 0 radical (unpaired) electrons. The molecule has 0 aromatic carbocycles. The van der Waals surface area contributed by atoms with E-state index in [9.17, 15) is 19.2 Å². The third kappa shape index (κ3) is 8.41. The molecule has 0 fully saturated rings. The van der Waals surface area contributed by atoms with E-state index >= 15 is 0 Å². The Kier molecular flexibility index (Phi) is 7.66. The molecule has 0 spiro atoms. The molecule has 9 heteroatoms. The van der Waals surface area contributed by atoms with E-state index in [0.29, 0.717) is 0 Å². The van der Waals surface area contributed by atoms with Crippen LogP contribution in [0.25, 0.3) is 0 Å². The van der Waals surface area contributed by atoms with Crippen LogP contribution in [0, 0.1) is 0 Å². The molecule has 0 aliphatic carbocycles. The van der Waals surface area contributed by atoms with Gasteiger partial charge in [-0.3, -0.25) is 9.59 Å². The molecule has 9 nitrogen and oxygen atoms in total. The number of ether oxygens (including phenoxy) is 1. The van der Waals surface area contributed by atoms with Crippen molar-refractivity contribution in [3.05, 3.63) is 0 Å². The zero-order valence-electron chi connectivity index (χ0n) is 10.3. The van der Waals surface area contributed by atoms with Crippen molar-refractivity contribution in [3.63, 3.8) is 0 Å². The van der Waals surface area contributed by atoms with Gasteiger partial charge in [-0.25, -0.2) is 9.59 Å². The highest BCUT2D eigenvalue weighted by molar-refractivity contribution is 5.86. The summed E-state index contributed by atoms with van der Waals surface area (Å²) in [6.45, 7) is 1.83. The molecule has 0 bridgehead atoms. The minimum absolute atomic E-state index is 0.0376. The van der Waals surface area contributed by atoms with Gasteiger partial charge in [0, 0.05) is 6.54 Å². The second-order valence-corrected chi connectivity index (χ2v) is 3.44. The van der Waals surface area contributed by atoms with E-state index < -0.39 is 36.4 Å². The maximum Gasteiger partial charge on any atom is 0.326 e. The van der Waals surface area contributed by atoms with E-state index in [2.05, 4.69) is 10.1 Å². The Labute approximate surface area is 108 Å². The summed E-state index contributed by atoms with van der Waals surface area (Å²) in [5, 5.41) is 21.3. The van der Waals surface area contributed by atoms with Gasteiger partial charge in [0.15, 0.2) is 0 Å². The monoisotopic (exact) mass is 276 g/mol. The lowest BCUT2D eigenvalue weighted by molar-refractivity contribution is -0.145. The molecule has 108 valence electrons. The van der Waals surface area contributed by atoms with Crippen LogP contribution < -0.4 is 10.6 Å². The number of carboxylic acid groups (broad SMARTS) is 2. The zero-order valence-corrected chi connectivity index (χ0v) is 10.3. The molecule has 0 aliphatic heterocycles. The van der Waals surface area contributed by atoms with Gasteiger partial charge in [-0.05, 0) is 6.92 Å². The average molecular weight is 276 g/mol. The minimum Gasteiger partial charge on any atom is -0.481 e. The number of hydrogen-bond donors (Lipinski definition) is 4. The van der Waals surface area contributed by atoms with Gasteiger partial charge < -0.3 is 25.6 Å². The average Bonchev–Trinajstić information content (AvgIpc) is 2.27. The molecule has 2 amide bonds. The third-order valence-electron chi connectivity index (χ3n) is 1.90. The van der Waals surface area contributed by atoms with Crippen LogP contribution >= 0.6 is 0 Å². The number of hydrogen-bond acceptors (Lipinski definition) is 5. The van der Waals surface area contributed by atoms with Crippen molar-refractivity contribution < 1.29 is 34.1 Å². The van der Waals surface area contributed by atoms with E-state index in [1.165, 1.54) is 0 Å². The summed E-state index contributed by atoms with van der Waals surface area (Å²) in [6.07, 6.45) is -0.793. The highest BCUT2D eigenvalue weighted by Gasteiger charge is 2.22. The number of nitrogens with one attached hydrogen (secondary N) is 2. The quantitative estimate of drug-likeness (QED) is 0.423. The summed E-state index contributed by atoms with van der Waals surface area (Å²) >= 11 is 0. The van der Waals surface area contributed by atoms with Gasteiger partial charge in [0.25, 0.3) is 0 Å². The van der Waals surface area contributed by atoms with Gasteiger partial charge in [-0.15, -0.1) is 0 Å². The number of carbonyl (C=O) groups excluding carboxylic acids is 2. The standard InChI is InChI=1S/C10H16N2O7/c1-2-19-8(15)3-4-11-10(18)12-6(9(16)17)5-7(13)14/h6H,2-5H2,1H3,(H,13,14)(H,16,17)(H2,11,12,18)/t6-/m0/s1. The lowest BCUT2D eigenvalue weighted by Gasteiger charge is -2.13. The fourth-order valence-corrected chi connectivity index (χ4v) is 1.10. The van der Waals surface area contributed by atoms with Crippen molar-refractivity contribution in [2.24, 2.45) is 0 Å². The van der Waals surface area contributed by atoms with Crippen molar-refractivity contribution in [1.82, 2.24) is 10.6 Å². The number of carbonyl (C=O) groups is 4. The van der Waals surface area contributed by atoms with Gasteiger partial charge in [0.2, 0.25) is 0 Å². The molecule has 0 unspecified atom stereocenters. The normalized spacial score (nSPS) is 11.2. The first kappa shape index (κ1) is 16.7. The minimum atomic E-state index is -1.53. The third-order valence-corrected chi connectivity index (χ3v) is 1.90. The number of aliphatic carboxylic acids is 2. The van der Waals surface area contributed by atoms with Crippen LogP contribution in [0.2, 0.25) is 0 Å². The summed E-state index contributed by atoms with van der Waals surface area (Å²) in [5.41, 5.74) is 0.